The predicted octanol–water partition coefficient (Wildman–Crippen LogP) is 3.35. The summed E-state index contributed by atoms with van der Waals surface area (Å²) in [6.45, 7) is 0. The van der Waals surface area contributed by atoms with Crippen LogP contribution in [0.5, 0.6) is 0 Å². The van der Waals surface area contributed by atoms with Crippen molar-refractivity contribution in [1.82, 2.24) is 9.55 Å². The second kappa shape index (κ2) is 7.86. The van der Waals surface area contributed by atoms with Gasteiger partial charge >= 0.3 is 0 Å². The van der Waals surface area contributed by atoms with E-state index in [1.807, 2.05) is 53.2 Å². The molecule has 0 atom stereocenters. The zero-order valence-corrected chi connectivity index (χ0v) is 15.6. The van der Waals surface area contributed by atoms with Crippen molar-refractivity contribution in [1.29, 1.82) is 0 Å². The van der Waals surface area contributed by atoms with E-state index in [-0.39, 0.29) is 12.1 Å². The Bertz CT molecular complexity index is 960. The van der Waals surface area contributed by atoms with Crippen LogP contribution in [-0.4, -0.2) is 32.7 Å². The molecule has 0 saturated heterocycles. The largest absolute Gasteiger partial charge is 0.393 e. The molecule has 1 fully saturated rings. The van der Waals surface area contributed by atoms with E-state index >= 15 is 0 Å². The Morgan fingerprint density at radius 3 is 2.64 bits per heavy atom. The number of aliphatic hydroxyl groups is 1. The van der Waals surface area contributed by atoms with Gasteiger partial charge in [0.2, 0.25) is 0 Å². The lowest BCUT2D eigenvalue weighted by atomic mass is 9.92. The van der Waals surface area contributed by atoms with E-state index in [1.54, 1.807) is 12.3 Å². The van der Waals surface area contributed by atoms with Gasteiger partial charge in [-0.1, -0.05) is 6.07 Å². The third-order valence-corrected chi connectivity index (χ3v) is 5.28. The summed E-state index contributed by atoms with van der Waals surface area (Å²) in [5.74, 6) is -0.456. The molecule has 4 rings (SSSR count). The SMILES string of the molecule is NC(=O)c1ccc(-n2cccc2-c2ccccn2)cc1NC1CCC(O)CC1. The molecule has 6 heteroatoms. The number of hydrogen-bond acceptors (Lipinski definition) is 4. The van der Waals surface area contributed by atoms with Crippen LogP contribution in [0.2, 0.25) is 0 Å². The number of carbonyl (C=O) groups is 1. The van der Waals surface area contributed by atoms with Gasteiger partial charge in [0.15, 0.2) is 0 Å². The van der Waals surface area contributed by atoms with Gasteiger partial charge in [0, 0.05) is 29.8 Å². The fourth-order valence-corrected chi connectivity index (χ4v) is 3.79. The number of rotatable bonds is 5. The van der Waals surface area contributed by atoms with Crippen LogP contribution >= 0.6 is 0 Å². The highest BCUT2D eigenvalue weighted by Gasteiger charge is 2.21. The fraction of sp³-hybridized carbons (Fsp3) is 0.273. The number of benzene rings is 1. The van der Waals surface area contributed by atoms with Crippen LogP contribution in [0.3, 0.4) is 0 Å². The van der Waals surface area contributed by atoms with Gasteiger partial charge in [0.25, 0.3) is 5.91 Å². The lowest BCUT2D eigenvalue weighted by molar-refractivity contribution is 0.100. The molecular formula is C22H24N4O2. The Morgan fingerprint density at radius 1 is 1.11 bits per heavy atom. The number of nitrogens with zero attached hydrogens (tertiary/aromatic N) is 2. The maximum Gasteiger partial charge on any atom is 0.250 e. The molecule has 144 valence electrons. The van der Waals surface area contributed by atoms with E-state index in [0.717, 1.165) is 48.4 Å². The van der Waals surface area contributed by atoms with Gasteiger partial charge in [-0.3, -0.25) is 9.78 Å². The first kappa shape index (κ1) is 18.3. The third kappa shape index (κ3) is 3.77. The molecule has 0 unspecified atom stereocenters. The minimum Gasteiger partial charge on any atom is -0.393 e. The molecule has 1 saturated carbocycles. The van der Waals surface area contributed by atoms with E-state index in [9.17, 15) is 9.90 Å². The number of nitrogens with two attached hydrogens (primary N) is 1. The van der Waals surface area contributed by atoms with Gasteiger partial charge < -0.3 is 20.7 Å². The minimum atomic E-state index is -0.456. The first-order chi connectivity index (χ1) is 13.6. The maximum atomic E-state index is 11.9. The Hall–Kier alpha value is -3.12. The number of amides is 1. The molecule has 1 aliphatic rings. The number of pyridine rings is 1. The summed E-state index contributed by atoms with van der Waals surface area (Å²) in [7, 11) is 0. The van der Waals surface area contributed by atoms with Gasteiger partial charge in [-0.15, -0.1) is 0 Å². The zero-order chi connectivity index (χ0) is 19.5. The highest BCUT2D eigenvalue weighted by molar-refractivity contribution is 5.99. The van der Waals surface area contributed by atoms with Crippen molar-refractivity contribution in [2.45, 2.75) is 37.8 Å². The number of aromatic nitrogens is 2. The van der Waals surface area contributed by atoms with Gasteiger partial charge in [-0.05, 0) is 68.1 Å². The van der Waals surface area contributed by atoms with Gasteiger partial charge in [0.1, 0.15) is 0 Å². The van der Waals surface area contributed by atoms with Crippen molar-refractivity contribution in [3.63, 3.8) is 0 Å². The van der Waals surface area contributed by atoms with Crippen molar-refractivity contribution >= 4 is 11.6 Å². The van der Waals surface area contributed by atoms with Gasteiger partial charge in [-0.2, -0.15) is 0 Å². The van der Waals surface area contributed by atoms with Crippen LogP contribution in [-0.2, 0) is 0 Å². The van der Waals surface area contributed by atoms with E-state index in [1.165, 1.54) is 0 Å². The van der Waals surface area contributed by atoms with Gasteiger partial charge in [0.05, 0.1) is 23.1 Å². The molecule has 28 heavy (non-hydrogen) atoms. The summed E-state index contributed by atoms with van der Waals surface area (Å²) in [6.07, 6.45) is 6.80. The third-order valence-electron chi connectivity index (χ3n) is 5.28. The summed E-state index contributed by atoms with van der Waals surface area (Å²) in [5.41, 5.74) is 9.57. The summed E-state index contributed by atoms with van der Waals surface area (Å²) in [6, 6.07) is 15.6. The molecule has 0 radical (unpaired) electrons. The Balaban J connectivity index is 1.68. The molecule has 4 N–H and O–H groups in total. The molecule has 2 heterocycles. The zero-order valence-electron chi connectivity index (χ0n) is 15.6. The Labute approximate surface area is 164 Å². The summed E-state index contributed by atoms with van der Waals surface area (Å²) in [5, 5.41) is 13.2. The van der Waals surface area contributed by atoms with Crippen LogP contribution in [0.4, 0.5) is 5.69 Å². The second-order valence-corrected chi connectivity index (χ2v) is 7.22. The number of nitrogens with one attached hydrogen (secondary N) is 1. The average molecular weight is 376 g/mol. The molecule has 2 aromatic heterocycles. The molecule has 6 nitrogen and oxygen atoms in total. The fourth-order valence-electron chi connectivity index (χ4n) is 3.79. The summed E-state index contributed by atoms with van der Waals surface area (Å²) < 4.78 is 2.04. The van der Waals surface area contributed by atoms with Gasteiger partial charge in [-0.25, -0.2) is 0 Å². The second-order valence-electron chi connectivity index (χ2n) is 7.22. The molecule has 1 aliphatic carbocycles. The first-order valence-corrected chi connectivity index (χ1v) is 9.59. The number of anilines is 1. The van der Waals surface area contributed by atoms with E-state index in [4.69, 9.17) is 5.73 Å². The first-order valence-electron chi connectivity index (χ1n) is 9.59. The lowest BCUT2D eigenvalue weighted by Crippen LogP contribution is -2.29. The molecule has 1 amide bonds. The lowest BCUT2D eigenvalue weighted by Gasteiger charge is -2.28. The number of primary amides is 1. The molecule has 0 bridgehead atoms. The smallest absolute Gasteiger partial charge is 0.250 e. The quantitative estimate of drug-likeness (QED) is 0.637. The normalized spacial score (nSPS) is 19.3. The Morgan fingerprint density at radius 2 is 1.93 bits per heavy atom. The van der Waals surface area contributed by atoms with Crippen LogP contribution < -0.4 is 11.1 Å². The average Bonchev–Trinajstić information content (AvgIpc) is 3.20. The van der Waals surface area contributed by atoms with Crippen LogP contribution in [0.15, 0.2) is 60.9 Å². The predicted molar refractivity (Wildman–Crippen MR) is 109 cm³/mol. The maximum absolute atomic E-state index is 11.9. The van der Waals surface area contributed by atoms with E-state index in [0.29, 0.717) is 5.56 Å². The van der Waals surface area contributed by atoms with Crippen molar-refractivity contribution in [2.24, 2.45) is 5.73 Å². The van der Waals surface area contributed by atoms with Crippen molar-refractivity contribution in [3.05, 3.63) is 66.5 Å². The summed E-state index contributed by atoms with van der Waals surface area (Å²) in [4.78, 5) is 16.4. The molecule has 0 spiro atoms. The minimum absolute atomic E-state index is 0.219. The van der Waals surface area contributed by atoms with Crippen molar-refractivity contribution in [2.75, 3.05) is 5.32 Å². The summed E-state index contributed by atoms with van der Waals surface area (Å²) >= 11 is 0. The molecule has 0 aliphatic heterocycles. The van der Waals surface area contributed by atoms with Crippen LogP contribution in [0, 0.1) is 0 Å². The Kier molecular flexibility index (Phi) is 5.12. The number of aliphatic hydroxyl groups excluding tert-OH is 1. The molecule has 3 aromatic rings. The standard InChI is InChI=1S/C22H24N4O2/c23-22(28)18-11-8-16(14-20(18)25-15-6-9-17(27)10-7-15)26-13-3-5-21(26)19-4-1-2-12-24-19/h1-5,8,11-15,17,25,27H,6-7,9-10H2,(H2,23,28). The highest BCUT2D eigenvalue weighted by atomic mass is 16.3. The van der Waals surface area contributed by atoms with E-state index in [2.05, 4.69) is 10.3 Å². The highest BCUT2D eigenvalue weighted by Crippen LogP contribution is 2.28. The molecule has 1 aromatic carbocycles. The monoisotopic (exact) mass is 376 g/mol. The topological polar surface area (TPSA) is 93.2 Å². The molecular weight excluding hydrogens is 352 g/mol. The number of hydrogen-bond donors (Lipinski definition) is 3. The van der Waals surface area contributed by atoms with Crippen LogP contribution in [0.25, 0.3) is 17.1 Å². The van der Waals surface area contributed by atoms with Crippen molar-refractivity contribution < 1.29 is 9.90 Å². The van der Waals surface area contributed by atoms with Crippen molar-refractivity contribution in [3.8, 4) is 17.1 Å². The van der Waals surface area contributed by atoms with E-state index < -0.39 is 5.91 Å². The number of carbonyl (C=O) groups excluding carboxylic acids is 1. The van der Waals surface area contributed by atoms with Crippen LogP contribution in [0.1, 0.15) is 36.0 Å².